The highest BCUT2D eigenvalue weighted by Crippen LogP contribution is 1.95. The molecule has 0 amide bonds. The molecule has 0 aromatic heterocycles. The van der Waals surface area contributed by atoms with E-state index in [9.17, 15) is 0 Å². The van der Waals surface area contributed by atoms with Gasteiger partial charge in [0.2, 0.25) is 6.71 Å². The van der Waals surface area contributed by atoms with Crippen LogP contribution in [0, 0.1) is 0 Å². The fraction of sp³-hybridized carbons (Fsp3) is 0. The van der Waals surface area contributed by atoms with E-state index in [1.165, 1.54) is 16.4 Å². The molecule has 0 fully saturated rings. The molecule has 3 aromatic carbocycles. The van der Waals surface area contributed by atoms with E-state index in [1.54, 1.807) is 0 Å². The summed E-state index contributed by atoms with van der Waals surface area (Å²) in [4.78, 5) is 0. The van der Waals surface area contributed by atoms with Crippen LogP contribution >= 0.6 is 0 Å². The zero-order valence-electron chi connectivity index (χ0n) is 11.2. The molecule has 0 saturated carbocycles. The highest BCUT2D eigenvalue weighted by Gasteiger charge is 2.20. The first-order valence-electron chi connectivity index (χ1n) is 6.60. The molecule has 0 aliphatic rings. The molecule has 0 N–H and O–H groups in total. The maximum atomic E-state index is 2.20. The van der Waals surface area contributed by atoms with Gasteiger partial charge in [0, 0.05) is 6.15 Å². The van der Waals surface area contributed by atoms with Crippen molar-refractivity contribution in [3.63, 3.8) is 0 Å². The van der Waals surface area contributed by atoms with Gasteiger partial charge in [-0.25, -0.2) is 0 Å². The van der Waals surface area contributed by atoms with Gasteiger partial charge in [0.15, 0.2) is 0 Å². The zero-order valence-corrected chi connectivity index (χ0v) is 11.2. The molecule has 0 unspecified atom stereocenters. The molecule has 0 heterocycles. The fourth-order valence-corrected chi connectivity index (χ4v) is 2.51. The molecule has 3 aromatic rings. The summed E-state index contributed by atoms with van der Waals surface area (Å²) in [6.45, 7) is 0.309. The van der Waals surface area contributed by atoms with Crippen LogP contribution in [0.15, 0.2) is 91.0 Å². The quantitative estimate of drug-likeness (QED) is 0.639. The minimum atomic E-state index is 0. The third kappa shape index (κ3) is 2.98. The van der Waals surface area contributed by atoms with Gasteiger partial charge in [0.25, 0.3) is 0 Å². The van der Waals surface area contributed by atoms with Gasteiger partial charge in [-0.15, -0.1) is 0 Å². The van der Waals surface area contributed by atoms with Gasteiger partial charge in [0.1, 0.15) is 0 Å². The molecule has 0 spiro atoms. The number of benzene rings is 3. The highest BCUT2D eigenvalue weighted by atomic mass is 14.0. The first-order valence-corrected chi connectivity index (χ1v) is 6.60. The SMILES string of the molecule is [N].c1ccc(B(c2ccccc2)c2ccccc2)cc1. The normalized spacial score (nSPS) is 9.60. The van der Waals surface area contributed by atoms with E-state index in [2.05, 4.69) is 91.0 Å². The Morgan fingerprint density at radius 2 is 0.650 bits per heavy atom. The van der Waals surface area contributed by atoms with Crippen molar-refractivity contribution in [3.05, 3.63) is 91.0 Å². The van der Waals surface area contributed by atoms with Crippen molar-refractivity contribution >= 4 is 23.1 Å². The van der Waals surface area contributed by atoms with Crippen LogP contribution < -0.4 is 22.5 Å². The van der Waals surface area contributed by atoms with Gasteiger partial charge in [-0.2, -0.15) is 0 Å². The van der Waals surface area contributed by atoms with Gasteiger partial charge < -0.3 is 0 Å². The lowest BCUT2D eigenvalue weighted by atomic mass is 9.37. The first-order chi connectivity index (χ1) is 9.45. The molecule has 0 aliphatic heterocycles. The van der Waals surface area contributed by atoms with Crippen molar-refractivity contribution in [1.29, 1.82) is 0 Å². The topological polar surface area (TPSA) is 30.5 Å². The van der Waals surface area contributed by atoms with E-state index >= 15 is 0 Å². The maximum Gasteiger partial charge on any atom is 0.241 e. The van der Waals surface area contributed by atoms with Crippen LogP contribution in [0.2, 0.25) is 0 Å². The Labute approximate surface area is 121 Å². The third-order valence-corrected chi connectivity index (χ3v) is 3.40. The van der Waals surface area contributed by atoms with Gasteiger partial charge in [-0.3, -0.25) is 0 Å². The smallest absolute Gasteiger partial charge is 0.0687 e. The van der Waals surface area contributed by atoms with E-state index in [4.69, 9.17) is 0 Å². The molecular weight excluding hydrogens is 241 g/mol. The van der Waals surface area contributed by atoms with Crippen LogP contribution in [0.3, 0.4) is 0 Å². The van der Waals surface area contributed by atoms with Crippen LogP contribution in [0.5, 0.6) is 0 Å². The molecule has 95 valence electrons. The molecule has 2 heteroatoms. The summed E-state index contributed by atoms with van der Waals surface area (Å²) in [5, 5.41) is 0. The highest BCUT2D eigenvalue weighted by molar-refractivity contribution is 6.95. The molecule has 0 aliphatic carbocycles. The second kappa shape index (κ2) is 6.74. The summed E-state index contributed by atoms with van der Waals surface area (Å²) in [6, 6.07) is 32.0. The number of hydrogen-bond donors (Lipinski definition) is 0. The lowest BCUT2D eigenvalue weighted by molar-refractivity contribution is 1.71. The van der Waals surface area contributed by atoms with Gasteiger partial charge >= 0.3 is 0 Å². The molecule has 1 nitrogen and oxygen atoms in total. The fourth-order valence-electron chi connectivity index (χ4n) is 2.51. The van der Waals surface area contributed by atoms with E-state index in [0.717, 1.165) is 0 Å². The summed E-state index contributed by atoms with van der Waals surface area (Å²) in [6.07, 6.45) is 0. The Morgan fingerprint density at radius 3 is 0.900 bits per heavy atom. The van der Waals surface area contributed by atoms with Crippen molar-refractivity contribution in [3.8, 4) is 0 Å². The lowest BCUT2D eigenvalue weighted by Crippen LogP contribution is -2.51. The summed E-state index contributed by atoms with van der Waals surface area (Å²) < 4.78 is 0. The Balaban J connectivity index is 0.00000147. The lowest BCUT2D eigenvalue weighted by Gasteiger charge is -2.15. The summed E-state index contributed by atoms with van der Waals surface area (Å²) in [5.74, 6) is 0. The molecular formula is C18H15BN. The van der Waals surface area contributed by atoms with Crippen LogP contribution in [-0.2, 0) is 0 Å². The second-order valence-corrected chi connectivity index (χ2v) is 4.67. The predicted molar refractivity (Wildman–Crippen MR) is 86.1 cm³/mol. The van der Waals surface area contributed by atoms with Crippen molar-refractivity contribution in [2.75, 3.05) is 0 Å². The average molecular weight is 256 g/mol. The molecule has 3 radical (unpaired) electrons. The zero-order chi connectivity index (χ0) is 12.9. The van der Waals surface area contributed by atoms with E-state index in [-0.39, 0.29) is 6.15 Å². The Bertz CT molecular complexity index is 529. The standard InChI is InChI=1S/C18H15B.N/c1-4-10-16(11-5-1)19(17-12-6-2-7-13-17)18-14-8-3-9-15-18;/h1-15H;. The van der Waals surface area contributed by atoms with Crippen LogP contribution in [0.4, 0.5) is 0 Å². The van der Waals surface area contributed by atoms with Crippen molar-refractivity contribution in [2.24, 2.45) is 0 Å². The summed E-state index contributed by atoms with van der Waals surface area (Å²) >= 11 is 0. The maximum absolute atomic E-state index is 2.20. The summed E-state index contributed by atoms with van der Waals surface area (Å²) in [5.41, 5.74) is 4.00. The van der Waals surface area contributed by atoms with Crippen molar-refractivity contribution in [1.82, 2.24) is 6.15 Å². The Kier molecular flexibility index (Phi) is 4.75. The van der Waals surface area contributed by atoms with Crippen molar-refractivity contribution in [2.45, 2.75) is 0 Å². The Hall–Kier alpha value is -2.32. The number of nitrogens with zero attached hydrogens (tertiary/aromatic N) is 1. The monoisotopic (exact) mass is 256 g/mol. The van der Waals surface area contributed by atoms with E-state index in [0.29, 0.717) is 6.71 Å². The van der Waals surface area contributed by atoms with Crippen LogP contribution in [0.25, 0.3) is 0 Å². The molecule has 0 atom stereocenters. The van der Waals surface area contributed by atoms with Gasteiger partial charge in [0.05, 0.1) is 0 Å². The van der Waals surface area contributed by atoms with Gasteiger partial charge in [-0.1, -0.05) is 107 Å². The minimum absolute atomic E-state index is 0. The number of rotatable bonds is 3. The Morgan fingerprint density at radius 1 is 0.400 bits per heavy atom. The molecule has 3 rings (SSSR count). The second-order valence-electron chi connectivity index (χ2n) is 4.67. The predicted octanol–water partition coefficient (Wildman–Crippen LogP) is 1.72. The van der Waals surface area contributed by atoms with E-state index < -0.39 is 0 Å². The molecule has 0 bridgehead atoms. The van der Waals surface area contributed by atoms with Gasteiger partial charge in [-0.05, 0) is 0 Å². The first kappa shape index (κ1) is 14.1. The van der Waals surface area contributed by atoms with E-state index in [1.807, 2.05) is 0 Å². The van der Waals surface area contributed by atoms with Crippen molar-refractivity contribution < 1.29 is 0 Å². The average Bonchev–Trinajstić information content (AvgIpc) is 2.51. The van der Waals surface area contributed by atoms with Crippen LogP contribution in [-0.4, -0.2) is 6.71 Å². The molecule has 20 heavy (non-hydrogen) atoms. The minimum Gasteiger partial charge on any atom is -0.0687 e. The molecule has 0 saturated heterocycles. The largest absolute Gasteiger partial charge is 0.241 e. The third-order valence-electron chi connectivity index (χ3n) is 3.40. The summed E-state index contributed by atoms with van der Waals surface area (Å²) in [7, 11) is 0. The van der Waals surface area contributed by atoms with Crippen LogP contribution in [0.1, 0.15) is 0 Å². The number of hydrogen-bond acceptors (Lipinski definition) is 0.